The number of aromatic nitrogens is 4. The lowest BCUT2D eigenvalue weighted by molar-refractivity contribution is -0.123. The predicted octanol–water partition coefficient (Wildman–Crippen LogP) is 0.615. The molecule has 0 spiro atoms. The number of likely N-dealkylation sites (tertiary alicyclic amines) is 1. The number of piperidine rings is 1. The van der Waals surface area contributed by atoms with Crippen molar-refractivity contribution >= 4 is 5.91 Å². The molecule has 2 heterocycles. The van der Waals surface area contributed by atoms with Crippen LogP contribution in [0.4, 0.5) is 0 Å². The van der Waals surface area contributed by atoms with E-state index in [1.807, 2.05) is 24.3 Å². The van der Waals surface area contributed by atoms with Crippen molar-refractivity contribution in [1.82, 2.24) is 25.1 Å². The smallest absolute Gasteiger partial charge is 0.220 e. The van der Waals surface area contributed by atoms with Crippen LogP contribution in [0.3, 0.4) is 0 Å². The Bertz CT molecular complexity index is 757. The van der Waals surface area contributed by atoms with E-state index in [4.69, 9.17) is 15.2 Å². The molecule has 1 atom stereocenters. The van der Waals surface area contributed by atoms with Gasteiger partial charge < -0.3 is 15.2 Å². The quantitative estimate of drug-likeness (QED) is 0.721. The third-order valence-electron chi connectivity index (χ3n) is 5.04. The second kappa shape index (κ2) is 8.92. The van der Waals surface area contributed by atoms with Crippen molar-refractivity contribution in [3.63, 3.8) is 0 Å². The average Bonchev–Trinajstić information content (AvgIpc) is 3.15. The van der Waals surface area contributed by atoms with Gasteiger partial charge in [0.05, 0.1) is 20.3 Å². The van der Waals surface area contributed by atoms with E-state index in [-0.39, 0.29) is 17.9 Å². The first-order valence-corrected chi connectivity index (χ1v) is 9.07. The minimum atomic E-state index is -0.228. The Morgan fingerprint density at radius 3 is 2.70 bits per heavy atom. The molecule has 146 valence electrons. The van der Waals surface area contributed by atoms with Crippen molar-refractivity contribution in [3.05, 3.63) is 35.7 Å². The molecule has 2 aromatic rings. The van der Waals surface area contributed by atoms with Gasteiger partial charge in [-0.3, -0.25) is 9.69 Å². The number of para-hydroxylation sites is 1. The summed E-state index contributed by atoms with van der Waals surface area (Å²) in [5.41, 5.74) is 6.48. The van der Waals surface area contributed by atoms with E-state index in [0.29, 0.717) is 13.2 Å². The first kappa shape index (κ1) is 19.2. The zero-order valence-electron chi connectivity index (χ0n) is 15.7. The third kappa shape index (κ3) is 4.25. The molecule has 9 nitrogen and oxygen atoms in total. The number of methoxy groups -OCH3 is 2. The van der Waals surface area contributed by atoms with Gasteiger partial charge in [-0.05, 0) is 42.4 Å². The molecule has 1 amide bonds. The summed E-state index contributed by atoms with van der Waals surface area (Å²) in [6.07, 6.45) is 1.45. The predicted molar refractivity (Wildman–Crippen MR) is 98.0 cm³/mol. The van der Waals surface area contributed by atoms with Gasteiger partial charge >= 0.3 is 0 Å². The van der Waals surface area contributed by atoms with Crippen LogP contribution in [0.2, 0.25) is 0 Å². The van der Waals surface area contributed by atoms with Gasteiger partial charge in [-0.25, -0.2) is 4.68 Å². The van der Waals surface area contributed by atoms with Gasteiger partial charge in [-0.2, -0.15) is 0 Å². The van der Waals surface area contributed by atoms with E-state index in [0.717, 1.165) is 43.1 Å². The third-order valence-corrected chi connectivity index (χ3v) is 5.04. The average molecular weight is 374 g/mol. The molecule has 0 bridgehead atoms. The molecule has 1 saturated heterocycles. The number of primary amides is 1. The lowest BCUT2D eigenvalue weighted by atomic mass is 9.93. The van der Waals surface area contributed by atoms with E-state index in [1.54, 1.807) is 18.9 Å². The van der Waals surface area contributed by atoms with Crippen LogP contribution in [0.5, 0.6) is 5.75 Å². The normalized spacial score (nSPS) is 17.0. The lowest BCUT2D eigenvalue weighted by Crippen LogP contribution is -2.41. The Hall–Kier alpha value is -2.52. The highest BCUT2D eigenvalue weighted by Gasteiger charge is 2.33. The van der Waals surface area contributed by atoms with E-state index in [2.05, 4.69) is 20.4 Å². The largest absolute Gasteiger partial charge is 0.496 e. The number of carbonyl (C=O) groups is 1. The Labute approximate surface area is 158 Å². The van der Waals surface area contributed by atoms with Crippen molar-refractivity contribution in [2.24, 2.45) is 11.7 Å². The summed E-state index contributed by atoms with van der Waals surface area (Å²) in [5.74, 6) is 1.20. The molecule has 1 aromatic carbocycles. The number of nitrogens with two attached hydrogens (primary N) is 1. The van der Waals surface area contributed by atoms with Crippen LogP contribution < -0.4 is 10.5 Å². The maximum atomic E-state index is 11.5. The van der Waals surface area contributed by atoms with Crippen LogP contribution in [0.25, 0.3) is 0 Å². The lowest BCUT2D eigenvalue weighted by Gasteiger charge is -2.36. The van der Waals surface area contributed by atoms with Crippen molar-refractivity contribution in [3.8, 4) is 5.75 Å². The van der Waals surface area contributed by atoms with Gasteiger partial charge in [0.2, 0.25) is 5.91 Å². The Kier molecular flexibility index (Phi) is 6.36. The number of ether oxygens (including phenoxy) is 2. The molecular weight excluding hydrogens is 348 g/mol. The van der Waals surface area contributed by atoms with Crippen LogP contribution >= 0.6 is 0 Å². The first-order chi connectivity index (χ1) is 13.2. The number of hydrogen-bond acceptors (Lipinski definition) is 7. The number of carbonyl (C=O) groups excluding carboxylic acids is 1. The summed E-state index contributed by atoms with van der Waals surface area (Å²) >= 11 is 0. The van der Waals surface area contributed by atoms with E-state index < -0.39 is 0 Å². The fourth-order valence-electron chi connectivity index (χ4n) is 3.58. The second-order valence-electron chi connectivity index (χ2n) is 6.61. The van der Waals surface area contributed by atoms with Gasteiger partial charge in [0.25, 0.3) is 0 Å². The number of benzene rings is 1. The van der Waals surface area contributed by atoms with E-state index in [1.165, 1.54) is 0 Å². The molecule has 0 unspecified atom stereocenters. The Morgan fingerprint density at radius 2 is 2.04 bits per heavy atom. The van der Waals surface area contributed by atoms with Gasteiger partial charge in [-0.1, -0.05) is 18.2 Å². The molecule has 0 radical (unpaired) electrons. The topological polar surface area (TPSA) is 108 Å². The zero-order valence-corrected chi connectivity index (χ0v) is 15.7. The van der Waals surface area contributed by atoms with Gasteiger partial charge in [0.1, 0.15) is 11.8 Å². The fourth-order valence-corrected chi connectivity index (χ4v) is 3.58. The summed E-state index contributed by atoms with van der Waals surface area (Å²) < 4.78 is 12.5. The summed E-state index contributed by atoms with van der Waals surface area (Å²) in [7, 11) is 3.31. The summed E-state index contributed by atoms with van der Waals surface area (Å²) in [5, 5.41) is 12.3. The molecule has 3 rings (SSSR count). The van der Waals surface area contributed by atoms with E-state index >= 15 is 0 Å². The van der Waals surface area contributed by atoms with Crippen molar-refractivity contribution in [1.29, 1.82) is 0 Å². The standard InChI is InChI=1S/C18H26N6O3/c1-26-12-11-24-18(20-21-22-24)16(14-5-3-4-6-15(14)27-2)23-9-7-13(8-10-23)17(19)25/h3-6,13,16H,7-12H2,1-2H3,(H2,19,25)/t16-/m0/s1. The monoisotopic (exact) mass is 374 g/mol. The number of rotatable bonds is 8. The van der Waals surface area contributed by atoms with Crippen molar-refractivity contribution < 1.29 is 14.3 Å². The van der Waals surface area contributed by atoms with Crippen LogP contribution in [0.1, 0.15) is 30.3 Å². The molecule has 1 aliphatic heterocycles. The first-order valence-electron chi connectivity index (χ1n) is 9.07. The summed E-state index contributed by atoms with van der Waals surface area (Å²) in [4.78, 5) is 13.8. The van der Waals surface area contributed by atoms with Crippen LogP contribution in [-0.4, -0.2) is 64.9 Å². The minimum Gasteiger partial charge on any atom is -0.496 e. The number of tetrazole rings is 1. The van der Waals surface area contributed by atoms with Crippen molar-refractivity contribution in [2.75, 3.05) is 33.9 Å². The van der Waals surface area contributed by atoms with E-state index in [9.17, 15) is 4.79 Å². The highest BCUT2D eigenvalue weighted by molar-refractivity contribution is 5.76. The number of amides is 1. The maximum absolute atomic E-state index is 11.5. The maximum Gasteiger partial charge on any atom is 0.220 e. The van der Waals surface area contributed by atoms with Gasteiger partial charge in [0, 0.05) is 18.6 Å². The van der Waals surface area contributed by atoms with Gasteiger partial charge in [-0.15, -0.1) is 5.10 Å². The SMILES string of the molecule is COCCn1nnnc1[C@H](c1ccccc1OC)N1CCC(C(N)=O)CC1. The zero-order chi connectivity index (χ0) is 19.2. The second-order valence-corrected chi connectivity index (χ2v) is 6.61. The highest BCUT2D eigenvalue weighted by atomic mass is 16.5. The Morgan fingerprint density at radius 1 is 1.30 bits per heavy atom. The Balaban J connectivity index is 1.95. The molecule has 1 aromatic heterocycles. The summed E-state index contributed by atoms with van der Waals surface area (Å²) in [6, 6.07) is 7.69. The number of nitrogens with zero attached hydrogens (tertiary/aromatic N) is 5. The molecule has 1 fully saturated rings. The molecule has 0 aliphatic carbocycles. The molecule has 27 heavy (non-hydrogen) atoms. The molecule has 1 aliphatic rings. The van der Waals surface area contributed by atoms with Crippen molar-refractivity contribution in [2.45, 2.75) is 25.4 Å². The summed E-state index contributed by atoms with van der Waals surface area (Å²) in [6.45, 7) is 2.53. The van der Waals surface area contributed by atoms with Gasteiger partial charge in [0.15, 0.2) is 5.82 Å². The van der Waals surface area contributed by atoms with Crippen LogP contribution in [-0.2, 0) is 16.1 Å². The number of hydrogen-bond donors (Lipinski definition) is 1. The molecule has 9 heteroatoms. The minimum absolute atomic E-state index is 0.0796. The van der Waals surface area contributed by atoms with Crippen LogP contribution in [0, 0.1) is 5.92 Å². The molecule has 2 N–H and O–H groups in total. The molecule has 0 saturated carbocycles. The van der Waals surface area contributed by atoms with Crippen LogP contribution in [0.15, 0.2) is 24.3 Å². The molecular formula is C18H26N6O3. The highest BCUT2D eigenvalue weighted by Crippen LogP contribution is 2.35. The fraction of sp³-hybridized carbons (Fsp3) is 0.556.